The first-order valence-corrected chi connectivity index (χ1v) is 10.7. The van der Waals surface area contributed by atoms with Gasteiger partial charge in [-0.25, -0.2) is 0 Å². The Morgan fingerprint density at radius 3 is 2.20 bits per heavy atom. The molecule has 154 valence electrons. The van der Waals surface area contributed by atoms with E-state index >= 15 is 0 Å². The van der Waals surface area contributed by atoms with Crippen molar-refractivity contribution in [3.05, 3.63) is 71.3 Å². The maximum absolute atomic E-state index is 13.4. The standard InChI is InChI=1S/C22H20N2O5S/c1-2-29-18(25)12-23-21(28)17(13-30-22(23)14-8-4-3-5-9-14)24-19(26)15-10-6-7-11-16(15)20(24)27/h3-11,17,22H,2,12-13H2,1H3/t17-,22-/m0/s1. The molecule has 0 radical (unpaired) electrons. The first-order chi connectivity index (χ1) is 14.5. The zero-order valence-electron chi connectivity index (χ0n) is 16.3. The van der Waals surface area contributed by atoms with E-state index in [0.29, 0.717) is 11.1 Å². The van der Waals surface area contributed by atoms with Crippen LogP contribution in [-0.2, 0) is 14.3 Å². The highest BCUT2D eigenvalue weighted by atomic mass is 32.2. The average Bonchev–Trinajstić information content (AvgIpc) is 3.01. The number of rotatable bonds is 5. The Morgan fingerprint density at radius 2 is 1.60 bits per heavy atom. The van der Waals surface area contributed by atoms with Crippen LogP contribution in [0.1, 0.15) is 38.6 Å². The van der Waals surface area contributed by atoms with Gasteiger partial charge in [-0.3, -0.25) is 24.1 Å². The highest BCUT2D eigenvalue weighted by Crippen LogP contribution is 2.40. The number of ether oxygens (including phenoxy) is 1. The van der Waals surface area contributed by atoms with Crippen LogP contribution in [0, 0.1) is 0 Å². The maximum atomic E-state index is 13.4. The Morgan fingerprint density at radius 1 is 1.00 bits per heavy atom. The lowest BCUT2D eigenvalue weighted by molar-refractivity contribution is -0.150. The summed E-state index contributed by atoms with van der Waals surface area (Å²) in [5.41, 5.74) is 1.45. The molecule has 2 aromatic rings. The largest absolute Gasteiger partial charge is 0.465 e. The first kappa shape index (κ1) is 20.2. The molecule has 0 spiro atoms. The van der Waals surface area contributed by atoms with Crippen LogP contribution in [0.3, 0.4) is 0 Å². The van der Waals surface area contributed by atoms with Gasteiger partial charge < -0.3 is 9.64 Å². The Bertz CT molecular complexity index is 975. The molecule has 4 rings (SSSR count). The number of esters is 1. The molecule has 2 aromatic carbocycles. The summed E-state index contributed by atoms with van der Waals surface area (Å²) in [6, 6.07) is 14.9. The van der Waals surface area contributed by atoms with Crippen molar-refractivity contribution in [3.63, 3.8) is 0 Å². The van der Waals surface area contributed by atoms with E-state index in [1.165, 1.54) is 16.7 Å². The molecule has 0 saturated carbocycles. The molecule has 30 heavy (non-hydrogen) atoms. The van der Waals surface area contributed by atoms with Crippen LogP contribution >= 0.6 is 11.8 Å². The lowest BCUT2D eigenvalue weighted by Crippen LogP contribution is -2.56. The Balaban J connectivity index is 1.65. The van der Waals surface area contributed by atoms with Crippen molar-refractivity contribution in [2.45, 2.75) is 18.3 Å². The predicted octanol–water partition coefficient (Wildman–Crippen LogP) is 2.49. The van der Waals surface area contributed by atoms with Crippen molar-refractivity contribution in [3.8, 4) is 0 Å². The van der Waals surface area contributed by atoms with E-state index in [1.54, 1.807) is 31.2 Å². The summed E-state index contributed by atoms with van der Waals surface area (Å²) in [6.45, 7) is 1.64. The van der Waals surface area contributed by atoms with Gasteiger partial charge in [-0.2, -0.15) is 0 Å². The van der Waals surface area contributed by atoms with Crippen molar-refractivity contribution in [1.82, 2.24) is 9.80 Å². The zero-order valence-corrected chi connectivity index (χ0v) is 17.1. The minimum absolute atomic E-state index is 0.200. The van der Waals surface area contributed by atoms with E-state index in [4.69, 9.17) is 4.74 Å². The van der Waals surface area contributed by atoms with E-state index in [1.807, 2.05) is 30.3 Å². The molecule has 2 atom stereocenters. The summed E-state index contributed by atoms with van der Waals surface area (Å²) in [4.78, 5) is 53.8. The molecule has 8 heteroatoms. The van der Waals surface area contributed by atoms with Crippen LogP contribution in [0.15, 0.2) is 54.6 Å². The summed E-state index contributed by atoms with van der Waals surface area (Å²) in [5, 5.41) is -0.408. The molecule has 1 fully saturated rings. The van der Waals surface area contributed by atoms with Gasteiger partial charge in [0.15, 0.2) is 0 Å². The molecule has 2 heterocycles. The summed E-state index contributed by atoms with van der Waals surface area (Å²) < 4.78 is 5.04. The van der Waals surface area contributed by atoms with Gasteiger partial charge in [0, 0.05) is 5.75 Å². The molecular weight excluding hydrogens is 404 g/mol. The van der Waals surface area contributed by atoms with Crippen molar-refractivity contribution in [2.75, 3.05) is 18.9 Å². The normalized spacial score (nSPS) is 21.0. The molecule has 2 aliphatic rings. The zero-order chi connectivity index (χ0) is 21.3. The van der Waals surface area contributed by atoms with Crippen molar-refractivity contribution in [2.24, 2.45) is 0 Å². The van der Waals surface area contributed by atoms with E-state index in [2.05, 4.69) is 0 Å². The lowest BCUT2D eigenvalue weighted by Gasteiger charge is -2.40. The van der Waals surface area contributed by atoms with Crippen molar-refractivity contribution >= 4 is 35.5 Å². The van der Waals surface area contributed by atoms with Crippen LogP contribution in [0.4, 0.5) is 0 Å². The second-order valence-corrected chi connectivity index (χ2v) is 8.02. The third-order valence-corrected chi connectivity index (χ3v) is 6.44. The molecule has 0 aromatic heterocycles. The molecule has 1 saturated heterocycles. The van der Waals surface area contributed by atoms with E-state index in [9.17, 15) is 19.2 Å². The third kappa shape index (κ3) is 3.47. The van der Waals surface area contributed by atoms with Gasteiger partial charge >= 0.3 is 5.97 Å². The van der Waals surface area contributed by atoms with E-state index in [-0.39, 0.29) is 18.9 Å². The minimum atomic E-state index is -0.975. The number of benzene rings is 2. The molecule has 2 aliphatic heterocycles. The fourth-order valence-electron chi connectivity index (χ4n) is 3.73. The molecular formula is C22H20N2O5S. The molecule has 0 aliphatic carbocycles. The van der Waals surface area contributed by atoms with Gasteiger partial charge in [0.1, 0.15) is 18.0 Å². The molecule has 7 nitrogen and oxygen atoms in total. The van der Waals surface area contributed by atoms with Crippen molar-refractivity contribution < 1.29 is 23.9 Å². The average molecular weight is 424 g/mol. The second kappa shape index (κ2) is 8.31. The predicted molar refractivity (Wildman–Crippen MR) is 111 cm³/mol. The van der Waals surface area contributed by atoms with Gasteiger partial charge in [0.25, 0.3) is 11.8 Å². The van der Waals surface area contributed by atoms with E-state index in [0.717, 1.165) is 10.5 Å². The fraction of sp³-hybridized carbons (Fsp3) is 0.273. The molecule has 3 amide bonds. The van der Waals surface area contributed by atoms with Crippen LogP contribution in [0.25, 0.3) is 0 Å². The van der Waals surface area contributed by atoms with Crippen molar-refractivity contribution in [1.29, 1.82) is 0 Å². The SMILES string of the molecule is CCOC(=O)CN1C(=O)[C@@H](N2C(=O)c3ccccc3C2=O)CS[C@H]1c1ccccc1. The number of amides is 3. The van der Waals surface area contributed by atoms with Gasteiger partial charge in [-0.15, -0.1) is 11.8 Å². The monoisotopic (exact) mass is 424 g/mol. The number of carbonyl (C=O) groups excluding carboxylic acids is 4. The summed E-state index contributed by atoms with van der Waals surface area (Å²) in [7, 11) is 0. The highest BCUT2D eigenvalue weighted by Gasteiger charge is 2.48. The summed E-state index contributed by atoms with van der Waals surface area (Å²) >= 11 is 1.42. The summed E-state index contributed by atoms with van der Waals surface area (Å²) in [6.07, 6.45) is 0. The maximum Gasteiger partial charge on any atom is 0.325 e. The minimum Gasteiger partial charge on any atom is -0.465 e. The van der Waals surface area contributed by atoms with Gasteiger partial charge in [-0.1, -0.05) is 42.5 Å². The smallest absolute Gasteiger partial charge is 0.325 e. The summed E-state index contributed by atoms with van der Waals surface area (Å²) in [5.74, 6) is -1.68. The number of thioether (sulfide) groups is 1. The molecule has 0 bridgehead atoms. The quantitative estimate of drug-likeness (QED) is 0.542. The third-order valence-electron chi connectivity index (χ3n) is 5.09. The van der Waals surface area contributed by atoms with E-state index < -0.39 is 35.1 Å². The number of imide groups is 1. The Labute approximate surface area is 178 Å². The van der Waals surface area contributed by atoms with Crippen LogP contribution in [0.5, 0.6) is 0 Å². The van der Waals surface area contributed by atoms with Crippen LogP contribution in [0.2, 0.25) is 0 Å². The number of nitrogens with zero attached hydrogens (tertiary/aromatic N) is 2. The lowest BCUT2D eigenvalue weighted by atomic mass is 10.1. The van der Waals surface area contributed by atoms with Gasteiger partial charge in [0.05, 0.1) is 17.7 Å². The number of carbonyl (C=O) groups is 4. The number of fused-ring (bicyclic) bond motifs is 1. The Hall–Kier alpha value is -3.13. The van der Waals surface area contributed by atoms with Crippen LogP contribution in [-0.4, -0.2) is 58.4 Å². The Kier molecular flexibility index (Phi) is 5.59. The topological polar surface area (TPSA) is 84.0 Å². The van der Waals surface area contributed by atoms with Gasteiger partial charge in [-0.05, 0) is 24.6 Å². The fourth-order valence-corrected chi connectivity index (χ4v) is 5.09. The molecule has 0 N–H and O–H groups in total. The first-order valence-electron chi connectivity index (χ1n) is 9.62. The highest BCUT2D eigenvalue weighted by molar-refractivity contribution is 7.99. The molecule has 0 unspecified atom stereocenters. The number of hydrogen-bond donors (Lipinski definition) is 0. The van der Waals surface area contributed by atoms with Gasteiger partial charge in [0.2, 0.25) is 5.91 Å². The van der Waals surface area contributed by atoms with Crippen LogP contribution < -0.4 is 0 Å². The second-order valence-electron chi connectivity index (χ2n) is 6.91. The number of hydrogen-bond acceptors (Lipinski definition) is 6.